The highest BCUT2D eigenvalue weighted by Gasteiger charge is 2.40. The van der Waals surface area contributed by atoms with E-state index in [1.165, 1.54) is 11.8 Å². The van der Waals surface area contributed by atoms with E-state index in [1.807, 2.05) is 49.4 Å². The topological polar surface area (TPSA) is 91.9 Å². The molecule has 2 aliphatic rings. The summed E-state index contributed by atoms with van der Waals surface area (Å²) in [5.41, 5.74) is 1.57. The monoisotopic (exact) mass is 484 g/mol. The van der Waals surface area contributed by atoms with Gasteiger partial charge in [0, 0.05) is 36.9 Å². The van der Waals surface area contributed by atoms with Gasteiger partial charge in [0.05, 0.1) is 25.4 Å². The molecule has 0 radical (unpaired) electrons. The standard InChI is InChI=1S/C25H32N4O4S/c1-3-33-19-10-8-18(9-11-19)26-23(30)16-34-25-27-21-12-13-29(15-20(21)24(31)28-25)14-17-6-4-5-7-22(17)32-2/h4-11,20-21,25,27H,3,12-16H2,1-2H3,(H,26,30)(H,28,31). The first-order chi connectivity index (χ1) is 16.6. The maximum Gasteiger partial charge on any atom is 0.234 e. The first-order valence-electron chi connectivity index (χ1n) is 11.6. The second-order valence-electron chi connectivity index (χ2n) is 8.42. The van der Waals surface area contributed by atoms with Gasteiger partial charge in [-0.3, -0.25) is 19.8 Å². The molecule has 2 heterocycles. The summed E-state index contributed by atoms with van der Waals surface area (Å²) in [6.45, 7) is 4.87. The summed E-state index contributed by atoms with van der Waals surface area (Å²) < 4.78 is 10.9. The largest absolute Gasteiger partial charge is 0.496 e. The van der Waals surface area contributed by atoms with Crippen LogP contribution >= 0.6 is 11.8 Å². The van der Waals surface area contributed by atoms with Gasteiger partial charge >= 0.3 is 0 Å². The molecular formula is C25H32N4O4S. The normalized spacial score (nSPS) is 22.4. The van der Waals surface area contributed by atoms with E-state index < -0.39 is 0 Å². The van der Waals surface area contributed by atoms with Crippen LogP contribution in [0.25, 0.3) is 0 Å². The van der Waals surface area contributed by atoms with Crippen molar-refractivity contribution >= 4 is 29.3 Å². The number of carbonyl (C=O) groups excluding carboxylic acids is 2. The smallest absolute Gasteiger partial charge is 0.234 e. The Morgan fingerprint density at radius 3 is 2.76 bits per heavy atom. The number of benzene rings is 2. The van der Waals surface area contributed by atoms with Crippen LogP contribution in [0.4, 0.5) is 5.69 Å². The zero-order valence-electron chi connectivity index (χ0n) is 19.6. The van der Waals surface area contributed by atoms with Crippen molar-refractivity contribution in [1.82, 2.24) is 15.5 Å². The minimum Gasteiger partial charge on any atom is -0.496 e. The lowest BCUT2D eigenvalue weighted by Gasteiger charge is -2.43. The number of amides is 2. The van der Waals surface area contributed by atoms with E-state index in [1.54, 1.807) is 7.11 Å². The number of nitrogens with one attached hydrogen (secondary N) is 3. The zero-order chi connectivity index (χ0) is 23.9. The summed E-state index contributed by atoms with van der Waals surface area (Å²) in [5.74, 6) is 1.70. The van der Waals surface area contributed by atoms with Gasteiger partial charge < -0.3 is 20.1 Å². The molecule has 0 aliphatic carbocycles. The quantitative estimate of drug-likeness (QED) is 0.504. The molecule has 3 unspecified atom stereocenters. The fourth-order valence-electron chi connectivity index (χ4n) is 4.42. The Morgan fingerprint density at radius 2 is 2.00 bits per heavy atom. The van der Waals surface area contributed by atoms with Crippen LogP contribution in [0.1, 0.15) is 18.9 Å². The molecule has 3 atom stereocenters. The molecule has 2 fully saturated rings. The highest BCUT2D eigenvalue weighted by Crippen LogP contribution is 2.27. The molecule has 2 aromatic carbocycles. The van der Waals surface area contributed by atoms with Crippen molar-refractivity contribution < 1.29 is 19.1 Å². The first-order valence-corrected chi connectivity index (χ1v) is 12.7. The van der Waals surface area contributed by atoms with Crippen LogP contribution in [-0.4, -0.2) is 60.8 Å². The van der Waals surface area contributed by atoms with Gasteiger partial charge in [0.1, 0.15) is 17.0 Å². The van der Waals surface area contributed by atoms with E-state index in [9.17, 15) is 9.59 Å². The summed E-state index contributed by atoms with van der Waals surface area (Å²) in [4.78, 5) is 27.5. The molecule has 0 saturated carbocycles. The molecule has 0 aromatic heterocycles. The average molecular weight is 485 g/mol. The van der Waals surface area contributed by atoms with Gasteiger partial charge in [-0.15, -0.1) is 11.8 Å². The number of ether oxygens (including phenoxy) is 2. The van der Waals surface area contributed by atoms with Crippen molar-refractivity contribution in [2.45, 2.75) is 31.4 Å². The number of carbonyl (C=O) groups is 2. The second-order valence-corrected chi connectivity index (χ2v) is 9.51. The van der Waals surface area contributed by atoms with Crippen LogP contribution in [0.2, 0.25) is 0 Å². The minimum atomic E-state index is -0.277. The van der Waals surface area contributed by atoms with Crippen molar-refractivity contribution in [3.8, 4) is 11.5 Å². The number of likely N-dealkylation sites (tertiary alicyclic amines) is 1. The van der Waals surface area contributed by atoms with Crippen LogP contribution < -0.4 is 25.4 Å². The number of thioether (sulfide) groups is 1. The SMILES string of the molecule is CCOc1ccc(NC(=O)CSC2NC(=O)C3CN(Cc4ccccc4OC)CCC3N2)cc1. The number of rotatable bonds is 9. The number of piperidine rings is 1. The predicted octanol–water partition coefficient (Wildman–Crippen LogP) is 2.66. The number of nitrogens with zero attached hydrogens (tertiary/aromatic N) is 1. The fraction of sp³-hybridized carbons (Fsp3) is 0.440. The molecule has 0 spiro atoms. The third kappa shape index (κ3) is 6.22. The van der Waals surface area contributed by atoms with Crippen LogP contribution in [0.5, 0.6) is 11.5 Å². The van der Waals surface area contributed by atoms with E-state index >= 15 is 0 Å². The van der Waals surface area contributed by atoms with E-state index in [-0.39, 0.29) is 35.0 Å². The summed E-state index contributed by atoms with van der Waals surface area (Å²) in [5, 5.41) is 9.43. The lowest BCUT2D eigenvalue weighted by Crippen LogP contribution is -2.64. The first kappa shape index (κ1) is 24.4. The van der Waals surface area contributed by atoms with Crippen molar-refractivity contribution in [3.05, 3.63) is 54.1 Å². The summed E-state index contributed by atoms with van der Waals surface area (Å²) >= 11 is 1.39. The van der Waals surface area contributed by atoms with Crippen molar-refractivity contribution in [1.29, 1.82) is 0 Å². The Morgan fingerprint density at radius 1 is 1.21 bits per heavy atom. The van der Waals surface area contributed by atoms with E-state index in [2.05, 4.69) is 26.9 Å². The van der Waals surface area contributed by atoms with Crippen molar-refractivity contribution in [3.63, 3.8) is 0 Å². The number of para-hydroxylation sites is 1. The lowest BCUT2D eigenvalue weighted by molar-refractivity contribution is -0.130. The van der Waals surface area contributed by atoms with Gasteiger partial charge in [0.25, 0.3) is 0 Å². The molecule has 2 aromatic rings. The van der Waals surface area contributed by atoms with E-state index in [4.69, 9.17) is 9.47 Å². The molecule has 182 valence electrons. The number of anilines is 1. The Labute approximate surface area is 204 Å². The number of methoxy groups -OCH3 is 1. The number of hydrogen-bond donors (Lipinski definition) is 3. The average Bonchev–Trinajstić information content (AvgIpc) is 2.85. The Balaban J connectivity index is 1.24. The summed E-state index contributed by atoms with van der Waals surface area (Å²) in [6, 6.07) is 15.4. The van der Waals surface area contributed by atoms with Gasteiger partial charge in [0.15, 0.2) is 0 Å². The maximum atomic E-state index is 12.9. The summed E-state index contributed by atoms with van der Waals surface area (Å²) in [6.07, 6.45) is 0.878. The molecule has 8 nitrogen and oxygen atoms in total. The molecular weight excluding hydrogens is 452 g/mol. The second kappa shape index (κ2) is 11.6. The molecule has 9 heteroatoms. The molecule has 2 saturated heterocycles. The van der Waals surface area contributed by atoms with Gasteiger partial charge in [-0.2, -0.15) is 0 Å². The maximum absolute atomic E-state index is 12.9. The Kier molecular flexibility index (Phi) is 8.31. The molecule has 34 heavy (non-hydrogen) atoms. The van der Waals surface area contributed by atoms with E-state index in [0.717, 1.165) is 42.3 Å². The third-order valence-electron chi connectivity index (χ3n) is 6.09. The third-order valence-corrected chi connectivity index (χ3v) is 7.11. The van der Waals surface area contributed by atoms with Crippen molar-refractivity contribution in [2.75, 3.05) is 37.9 Å². The van der Waals surface area contributed by atoms with Gasteiger partial charge in [-0.05, 0) is 43.7 Å². The van der Waals surface area contributed by atoms with Crippen LogP contribution in [0.15, 0.2) is 48.5 Å². The van der Waals surface area contributed by atoms with Crippen LogP contribution in [0, 0.1) is 5.92 Å². The van der Waals surface area contributed by atoms with Crippen molar-refractivity contribution in [2.24, 2.45) is 5.92 Å². The van der Waals surface area contributed by atoms with Gasteiger partial charge in [-0.25, -0.2) is 0 Å². The van der Waals surface area contributed by atoms with Crippen LogP contribution in [-0.2, 0) is 16.1 Å². The Bertz CT molecular complexity index is 987. The molecule has 2 amide bonds. The van der Waals surface area contributed by atoms with E-state index in [0.29, 0.717) is 13.2 Å². The fourth-order valence-corrected chi connectivity index (χ4v) is 5.28. The molecule has 0 bridgehead atoms. The Hall–Kier alpha value is -2.75. The molecule has 2 aliphatic heterocycles. The highest BCUT2D eigenvalue weighted by atomic mass is 32.2. The van der Waals surface area contributed by atoms with Gasteiger partial charge in [0.2, 0.25) is 11.8 Å². The lowest BCUT2D eigenvalue weighted by atomic mass is 9.89. The predicted molar refractivity (Wildman–Crippen MR) is 134 cm³/mol. The summed E-state index contributed by atoms with van der Waals surface area (Å²) in [7, 11) is 1.68. The molecule has 4 rings (SSSR count). The minimum absolute atomic E-state index is 0.0397. The zero-order valence-corrected chi connectivity index (χ0v) is 20.4. The molecule has 3 N–H and O–H groups in total. The van der Waals surface area contributed by atoms with Gasteiger partial charge in [-0.1, -0.05) is 18.2 Å². The van der Waals surface area contributed by atoms with Crippen LogP contribution in [0.3, 0.4) is 0 Å². The number of fused-ring (bicyclic) bond motifs is 1. The number of hydrogen-bond acceptors (Lipinski definition) is 7. The highest BCUT2D eigenvalue weighted by molar-refractivity contribution is 8.00.